The number of carbonyl (C=O) groups excluding carboxylic acids is 1. The Morgan fingerprint density at radius 3 is 2.50 bits per heavy atom. The highest BCUT2D eigenvalue weighted by Crippen LogP contribution is 2.21. The summed E-state index contributed by atoms with van der Waals surface area (Å²) < 4.78 is 4.80. The summed E-state index contributed by atoms with van der Waals surface area (Å²) >= 11 is 0. The summed E-state index contributed by atoms with van der Waals surface area (Å²) in [5.74, 6) is -0.715. The van der Waals surface area contributed by atoms with E-state index < -0.39 is 5.97 Å². The molecule has 0 bridgehead atoms. The zero-order valence-electron chi connectivity index (χ0n) is 12.2. The predicted molar refractivity (Wildman–Crippen MR) is 76.3 cm³/mol. The van der Waals surface area contributed by atoms with Crippen LogP contribution in [0.2, 0.25) is 0 Å². The van der Waals surface area contributed by atoms with Crippen LogP contribution < -0.4 is 5.73 Å². The first-order valence-corrected chi connectivity index (χ1v) is 6.35. The van der Waals surface area contributed by atoms with E-state index in [2.05, 4.69) is 4.98 Å². The van der Waals surface area contributed by atoms with Crippen molar-refractivity contribution in [3.63, 3.8) is 0 Å². The van der Waals surface area contributed by atoms with Crippen molar-refractivity contribution in [3.8, 4) is 6.07 Å². The van der Waals surface area contributed by atoms with E-state index in [1.165, 1.54) is 0 Å². The second-order valence-corrected chi connectivity index (χ2v) is 5.30. The Labute approximate surface area is 119 Å². The van der Waals surface area contributed by atoms with Gasteiger partial charge >= 0.3 is 5.97 Å². The number of hydrogen-bond donors (Lipinski definition) is 1. The summed E-state index contributed by atoms with van der Waals surface area (Å²) in [6.07, 6.45) is 1.56. The average Bonchev–Trinajstić information content (AvgIpc) is 2.39. The number of ether oxygens (including phenoxy) is 1. The van der Waals surface area contributed by atoms with Gasteiger partial charge in [0.1, 0.15) is 6.07 Å². The molecule has 0 aliphatic heterocycles. The summed E-state index contributed by atoms with van der Waals surface area (Å²) in [6, 6.07) is 5.37. The molecule has 1 rings (SSSR count). The highest BCUT2D eigenvalue weighted by atomic mass is 16.5. The number of hydrogen-bond acceptors (Lipinski definition) is 5. The lowest BCUT2D eigenvalue weighted by molar-refractivity contribution is -0.137. The first-order chi connectivity index (χ1) is 9.31. The minimum atomic E-state index is -0.715. The highest BCUT2D eigenvalue weighted by Gasteiger charge is 2.18. The number of rotatable bonds is 3. The van der Waals surface area contributed by atoms with Gasteiger partial charge in [0.05, 0.1) is 12.3 Å². The molecule has 1 heterocycles. The molecule has 5 heteroatoms. The third-order valence-electron chi connectivity index (χ3n) is 2.70. The Kier molecular flexibility index (Phi) is 4.87. The fraction of sp³-hybridized carbons (Fsp3) is 0.400. The van der Waals surface area contributed by atoms with Crippen LogP contribution in [-0.2, 0) is 14.9 Å². The van der Waals surface area contributed by atoms with Crippen molar-refractivity contribution in [2.45, 2.75) is 33.1 Å². The number of carbonyl (C=O) groups is 1. The smallest absolute Gasteiger partial charge is 0.351 e. The van der Waals surface area contributed by atoms with E-state index in [0.717, 1.165) is 5.69 Å². The van der Waals surface area contributed by atoms with Crippen molar-refractivity contribution < 1.29 is 9.53 Å². The number of aromatic nitrogens is 1. The molecule has 0 atom stereocenters. The maximum Gasteiger partial charge on any atom is 0.351 e. The molecule has 0 saturated heterocycles. The van der Waals surface area contributed by atoms with E-state index in [1.54, 1.807) is 25.3 Å². The van der Waals surface area contributed by atoms with Crippen LogP contribution in [0, 0.1) is 11.3 Å². The van der Waals surface area contributed by atoms with Crippen molar-refractivity contribution in [2.75, 3.05) is 6.61 Å². The molecule has 0 aliphatic carbocycles. The van der Waals surface area contributed by atoms with Gasteiger partial charge in [-0.2, -0.15) is 5.26 Å². The van der Waals surface area contributed by atoms with Gasteiger partial charge in [0.15, 0.2) is 5.57 Å². The van der Waals surface area contributed by atoms with Crippen LogP contribution in [0.25, 0.3) is 5.70 Å². The van der Waals surface area contributed by atoms with Gasteiger partial charge in [-0.05, 0) is 19.1 Å². The van der Waals surface area contributed by atoms with E-state index in [1.807, 2.05) is 26.8 Å². The number of nitrogens with zero attached hydrogens (tertiary/aromatic N) is 2. The highest BCUT2D eigenvalue weighted by molar-refractivity contribution is 6.00. The maximum absolute atomic E-state index is 11.6. The molecule has 0 saturated carbocycles. The molecule has 0 fully saturated rings. The molecule has 1 aromatic heterocycles. The first kappa shape index (κ1) is 15.7. The largest absolute Gasteiger partial charge is 0.462 e. The molecule has 0 radical (unpaired) electrons. The van der Waals surface area contributed by atoms with Crippen LogP contribution in [0.3, 0.4) is 0 Å². The molecule has 0 aliphatic rings. The molecule has 2 N–H and O–H groups in total. The Bertz CT molecular complexity index is 560. The normalized spacial score (nSPS) is 12.3. The van der Waals surface area contributed by atoms with Gasteiger partial charge in [-0.15, -0.1) is 0 Å². The molecule has 5 nitrogen and oxygen atoms in total. The third kappa shape index (κ3) is 3.58. The third-order valence-corrected chi connectivity index (χ3v) is 2.70. The van der Waals surface area contributed by atoms with Crippen LogP contribution in [0.1, 0.15) is 39.0 Å². The molecule has 20 heavy (non-hydrogen) atoms. The number of nitrogens with two attached hydrogens (primary N) is 1. The second kappa shape index (κ2) is 6.20. The minimum Gasteiger partial charge on any atom is -0.462 e. The summed E-state index contributed by atoms with van der Waals surface area (Å²) in [6.45, 7) is 8.01. The van der Waals surface area contributed by atoms with Gasteiger partial charge in [-0.3, -0.25) is 4.98 Å². The maximum atomic E-state index is 11.6. The zero-order valence-corrected chi connectivity index (χ0v) is 12.2. The summed E-state index contributed by atoms with van der Waals surface area (Å²) in [4.78, 5) is 15.9. The minimum absolute atomic E-state index is 0.0732. The van der Waals surface area contributed by atoms with E-state index in [4.69, 9.17) is 15.7 Å². The summed E-state index contributed by atoms with van der Waals surface area (Å²) in [5, 5.41) is 9.03. The first-order valence-electron chi connectivity index (χ1n) is 6.35. The second-order valence-electron chi connectivity index (χ2n) is 5.30. The molecular formula is C15H19N3O2. The molecule has 0 unspecified atom stereocenters. The quantitative estimate of drug-likeness (QED) is 0.517. The SMILES string of the molecule is CCOC(=O)/C(C#N)=C(\N)c1ccc(C(C)(C)C)nc1. The Morgan fingerprint density at radius 1 is 1.45 bits per heavy atom. The molecule has 106 valence electrons. The fourth-order valence-electron chi connectivity index (χ4n) is 1.56. The lowest BCUT2D eigenvalue weighted by atomic mass is 9.91. The van der Waals surface area contributed by atoms with E-state index >= 15 is 0 Å². The standard InChI is InChI=1S/C15H19N3O2/c1-5-20-14(19)11(8-16)13(17)10-6-7-12(18-9-10)15(2,3)4/h6-7,9H,5,17H2,1-4H3/b13-11-. The fourth-order valence-corrected chi connectivity index (χ4v) is 1.56. The predicted octanol–water partition coefficient (Wildman–Crippen LogP) is 2.14. The Morgan fingerprint density at radius 2 is 2.10 bits per heavy atom. The van der Waals surface area contributed by atoms with Crippen molar-refractivity contribution in [3.05, 3.63) is 35.2 Å². The number of pyridine rings is 1. The summed E-state index contributed by atoms with van der Waals surface area (Å²) in [5.41, 5.74) is 7.10. The van der Waals surface area contributed by atoms with Crippen molar-refractivity contribution in [1.82, 2.24) is 4.98 Å². The van der Waals surface area contributed by atoms with Crippen LogP contribution >= 0.6 is 0 Å². The van der Waals surface area contributed by atoms with E-state index in [-0.39, 0.29) is 23.3 Å². The van der Waals surface area contributed by atoms with Crippen molar-refractivity contribution in [1.29, 1.82) is 5.26 Å². The van der Waals surface area contributed by atoms with Crippen LogP contribution in [0.4, 0.5) is 0 Å². The zero-order chi connectivity index (χ0) is 15.3. The van der Waals surface area contributed by atoms with E-state index in [0.29, 0.717) is 5.56 Å². The van der Waals surface area contributed by atoms with Crippen LogP contribution in [0.15, 0.2) is 23.9 Å². The lowest BCUT2D eigenvalue weighted by Crippen LogP contribution is -2.15. The van der Waals surface area contributed by atoms with Crippen LogP contribution in [0.5, 0.6) is 0 Å². The summed E-state index contributed by atoms with van der Waals surface area (Å²) in [7, 11) is 0. The van der Waals surface area contributed by atoms with Gasteiger partial charge in [0, 0.05) is 22.9 Å². The molecule has 0 amide bonds. The van der Waals surface area contributed by atoms with Gasteiger partial charge in [0.2, 0.25) is 0 Å². The average molecular weight is 273 g/mol. The van der Waals surface area contributed by atoms with Crippen molar-refractivity contribution >= 4 is 11.7 Å². The van der Waals surface area contributed by atoms with Gasteiger partial charge in [-0.1, -0.05) is 20.8 Å². The topological polar surface area (TPSA) is 89.0 Å². The van der Waals surface area contributed by atoms with Gasteiger partial charge in [-0.25, -0.2) is 4.79 Å². The molecule has 0 spiro atoms. The van der Waals surface area contributed by atoms with Gasteiger partial charge < -0.3 is 10.5 Å². The van der Waals surface area contributed by atoms with Crippen molar-refractivity contribution in [2.24, 2.45) is 5.73 Å². The number of nitriles is 1. The van der Waals surface area contributed by atoms with Gasteiger partial charge in [0.25, 0.3) is 0 Å². The molecular weight excluding hydrogens is 254 g/mol. The van der Waals surface area contributed by atoms with E-state index in [9.17, 15) is 4.79 Å². The molecule has 0 aromatic carbocycles. The Hall–Kier alpha value is -2.35. The molecule has 1 aromatic rings. The van der Waals surface area contributed by atoms with Crippen LogP contribution in [-0.4, -0.2) is 17.6 Å². The monoisotopic (exact) mass is 273 g/mol. The number of esters is 1. The lowest BCUT2D eigenvalue weighted by Gasteiger charge is -2.17. The Balaban J connectivity index is 3.16.